The van der Waals surface area contributed by atoms with E-state index in [9.17, 15) is 4.79 Å². The van der Waals surface area contributed by atoms with Crippen molar-refractivity contribution in [2.24, 2.45) is 5.10 Å². The van der Waals surface area contributed by atoms with Crippen LogP contribution in [-0.4, -0.2) is 18.2 Å². The average Bonchev–Trinajstić information content (AvgIpc) is 2.46. The lowest BCUT2D eigenvalue weighted by atomic mass is 9.87. The molecule has 0 aliphatic heterocycles. The normalized spacial score (nSPS) is 11.0. The predicted molar refractivity (Wildman–Crippen MR) is 94.5 cm³/mol. The Morgan fingerprint density at radius 2 is 1.91 bits per heavy atom. The topological polar surface area (TPSA) is 50.7 Å². The maximum absolute atomic E-state index is 11.7. The standard InChI is InChI=1S/C17H25BrN2O2/c1-6-13(7-2)19-20-16(21)11-22-15-9-8-12(10-14(15)18)17(3,4)5/h8-10H,6-7,11H2,1-5H3,(H,20,21). The Morgan fingerprint density at radius 3 is 2.41 bits per heavy atom. The zero-order valence-electron chi connectivity index (χ0n) is 14.0. The highest BCUT2D eigenvalue weighted by Gasteiger charge is 2.15. The second-order valence-corrected chi connectivity index (χ2v) is 6.96. The third kappa shape index (κ3) is 5.79. The Bertz CT molecular complexity index is 542. The molecule has 0 bridgehead atoms. The van der Waals surface area contributed by atoms with Crippen LogP contribution >= 0.6 is 15.9 Å². The van der Waals surface area contributed by atoms with Gasteiger partial charge in [-0.3, -0.25) is 4.79 Å². The number of benzene rings is 1. The summed E-state index contributed by atoms with van der Waals surface area (Å²) in [6, 6.07) is 5.92. The summed E-state index contributed by atoms with van der Waals surface area (Å²) in [6.07, 6.45) is 1.66. The highest BCUT2D eigenvalue weighted by atomic mass is 79.9. The molecule has 5 heteroatoms. The van der Waals surface area contributed by atoms with Crippen molar-refractivity contribution in [1.82, 2.24) is 5.43 Å². The van der Waals surface area contributed by atoms with Crippen LogP contribution in [0, 0.1) is 0 Å². The van der Waals surface area contributed by atoms with Crippen LogP contribution in [0.2, 0.25) is 0 Å². The molecule has 0 atom stereocenters. The second-order valence-electron chi connectivity index (χ2n) is 6.10. The molecule has 1 amide bonds. The Hall–Kier alpha value is -1.36. The van der Waals surface area contributed by atoms with Crippen molar-refractivity contribution < 1.29 is 9.53 Å². The SMILES string of the molecule is CCC(CC)=NNC(=O)COc1ccc(C(C)(C)C)cc1Br. The van der Waals surface area contributed by atoms with Gasteiger partial charge in [0, 0.05) is 5.71 Å². The number of carbonyl (C=O) groups excluding carboxylic acids is 1. The molecule has 0 aromatic heterocycles. The number of halogens is 1. The summed E-state index contributed by atoms with van der Waals surface area (Å²) in [4.78, 5) is 11.7. The van der Waals surface area contributed by atoms with Crippen molar-refractivity contribution in [3.63, 3.8) is 0 Å². The number of hydrogen-bond donors (Lipinski definition) is 1. The lowest BCUT2D eigenvalue weighted by molar-refractivity contribution is -0.123. The number of hydrazone groups is 1. The zero-order chi connectivity index (χ0) is 16.8. The van der Waals surface area contributed by atoms with E-state index in [1.807, 2.05) is 32.0 Å². The quantitative estimate of drug-likeness (QED) is 0.596. The molecule has 22 heavy (non-hydrogen) atoms. The molecule has 4 nitrogen and oxygen atoms in total. The summed E-state index contributed by atoms with van der Waals surface area (Å²) in [6.45, 7) is 10.4. The lowest BCUT2D eigenvalue weighted by Crippen LogP contribution is -2.25. The van der Waals surface area contributed by atoms with E-state index in [0.29, 0.717) is 5.75 Å². The number of carbonyl (C=O) groups is 1. The molecular weight excluding hydrogens is 344 g/mol. The molecule has 0 fully saturated rings. The minimum Gasteiger partial charge on any atom is -0.483 e. The smallest absolute Gasteiger partial charge is 0.277 e. The number of nitrogens with zero attached hydrogens (tertiary/aromatic N) is 1. The van der Waals surface area contributed by atoms with Gasteiger partial charge in [-0.25, -0.2) is 5.43 Å². The summed E-state index contributed by atoms with van der Waals surface area (Å²) in [5.74, 6) is 0.393. The van der Waals surface area contributed by atoms with E-state index in [-0.39, 0.29) is 17.9 Å². The average molecular weight is 369 g/mol. The monoisotopic (exact) mass is 368 g/mol. The molecule has 0 aliphatic carbocycles. The first-order valence-corrected chi connectivity index (χ1v) is 8.34. The van der Waals surface area contributed by atoms with Crippen LogP contribution in [0.15, 0.2) is 27.8 Å². The molecule has 1 aromatic carbocycles. The van der Waals surface area contributed by atoms with E-state index in [4.69, 9.17) is 4.74 Å². The van der Waals surface area contributed by atoms with Gasteiger partial charge in [0.1, 0.15) is 5.75 Å². The summed E-state index contributed by atoms with van der Waals surface area (Å²) in [7, 11) is 0. The van der Waals surface area contributed by atoms with Crippen LogP contribution < -0.4 is 10.2 Å². The van der Waals surface area contributed by atoms with Crippen molar-refractivity contribution in [3.05, 3.63) is 28.2 Å². The van der Waals surface area contributed by atoms with Gasteiger partial charge in [-0.15, -0.1) is 0 Å². The van der Waals surface area contributed by atoms with Crippen molar-refractivity contribution in [3.8, 4) is 5.75 Å². The molecular formula is C17H25BrN2O2. The van der Waals surface area contributed by atoms with Crippen molar-refractivity contribution >= 4 is 27.5 Å². The Kier molecular flexibility index (Phi) is 7.07. The molecule has 1 aromatic rings. The van der Waals surface area contributed by atoms with Crippen molar-refractivity contribution in [1.29, 1.82) is 0 Å². The highest BCUT2D eigenvalue weighted by molar-refractivity contribution is 9.10. The van der Waals surface area contributed by atoms with Crippen molar-refractivity contribution in [2.45, 2.75) is 52.9 Å². The fraction of sp³-hybridized carbons (Fsp3) is 0.529. The predicted octanol–water partition coefficient (Wildman–Crippen LogP) is 4.42. The van der Waals surface area contributed by atoms with Gasteiger partial charge in [0.2, 0.25) is 0 Å². The Labute approximate surface area is 141 Å². The molecule has 0 saturated heterocycles. The van der Waals surface area contributed by atoms with E-state index >= 15 is 0 Å². The molecule has 0 aliphatic rings. The van der Waals surface area contributed by atoms with Gasteiger partial charge >= 0.3 is 0 Å². The molecule has 1 N–H and O–H groups in total. The van der Waals surface area contributed by atoms with Gasteiger partial charge in [-0.2, -0.15) is 5.10 Å². The summed E-state index contributed by atoms with van der Waals surface area (Å²) in [5.41, 5.74) is 4.76. The molecule has 1 rings (SSSR count). The molecule has 0 saturated carbocycles. The zero-order valence-corrected chi connectivity index (χ0v) is 15.6. The first-order valence-electron chi connectivity index (χ1n) is 7.55. The van der Waals surface area contributed by atoms with E-state index < -0.39 is 0 Å². The van der Waals surface area contributed by atoms with Crippen LogP contribution in [-0.2, 0) is 10.2 Å². The number of hydrogen-bond acceptors (Lipinski definition) is 3. The lowest BCUT2D eigenvalue weighted by Gasteiger charge is -2.20. The Balaban J connectivity index is 2.62. The third-order valence-corrected chi connectivity index (χ3v) is 3.93. The van der Waals surface area contributed by atoms with E-state index in [2.05, 4.69) is 47.2 Å². The number of rotatable bonds is 6. The van der Waals surface area contributed by atoms with Gasteiger partial charge in [0.15, 0.2) is 6.61 Å². The van der Waals surface area contributed by atoms with Gasteiger partial charge in [-0.05, 0) is 51.9 Å². The maximum Gasteiger partial charge on any atom is 0.277 e. The minimum atomic E-state index is -0.258. The van der Waals surface area contributed by atoms with Crippen LogP contribution in [0.4, 0.5) is 0 Å². The van der Waals surface area contributed by atoms with Crippen molar-refractivity contribution in [2.75, 3.05) is 6.61 Å². The minimum absolute atomic E-state index is 0.0579. The molecule has 0 heterocycles. The van der Waals surface area contributed by atoms with E-state index in [0.717, 1.165) is 23.0 Å². The fourth-order valence-corrected chi connectivity index (χ4v) is 2.30. The maximum atomic E-state index is 11.7. The van der Waals surface area contributed by atoms with Gasteiger partial charge in [-0.1, -0.05) is 40.7 Å². The van der Waals surface area contributed by atoms with Gasteiger partial charge in [0.25, 0.3) is 5.91 Å². The van der Waals surface area contributed by atoms with Crippen LogP contribution in [0.3, 0.4) is 0 Å². The molecule has 0 spiro atoms. The third-order valence-electron chi connectivity index (χ3n) is 3.31. The number of ether oxygens (including phenoxy) is 1. The van der Waals surface area contributed by atoms with E-state index in [1.165, 1.54) is 5.56 Å². The van der Waals surface area contributed by atoms with Crippen LogP contribution in [0.5, 0.6) is 5.75 Å². The molecule has 122 valence electrons. The summed E-state index contributed by atoms with van der Waals surface area (Å²) < 4.78 is 6.38. The van der Waals surface area contributed by atoms with E-state index in [1.54, 1.807) is 0 Å². The summed E-state index contributed by atoms with van der Waals surface area (Å²) >= 11 is 3.49. The highest BCUT2D eigenvalue weighted by Crippen LogP contribution is 2.31. The number of amides is 1. The van der Waals surface area contributed by atoms with Crippen LogP contribution in [0.25, 0.3) is 0 Å². The van der Waals surface area contributed by atoms with Gasteiger partial charge in [0.05, 0.1) is 4.47 Å². The largest absolute Gasteiger partial charge is 0.483 e. The first-order chi connectivity index (χ1) is 10.3. The van der Waals surface area contributed by atoms with Crippen LogP contribution in [0.1, 0.15) is 53.0 Å². The number of nitrogens with one attached hydrogen (secondary N) is 1. The Morgan fingerprint density at radius 1 is 1.27 bits per heavy atom. The first kappa shape index (κ1) is 18.7. The molecule has 0 radical (unpaired) electrons. The second kappa shape index (κ2) is 8.32. The van der Waals surface area contributed by atoms with Gasteiger partial charge < -0.3 is 4.74 Å². The fourth-order valence-electron chi connectivity index (χ4n) is 1.81. The molecule has 0 unspecified atom stereocenters. The summed E-state index contributed by atoms with van der Waals surface area (Å²) in [5, 5.41) is 4.07.